The van der Waals surface area contributed by atoms with Crippen LogP contribution in [0.1, 0.15) is 31.4 Å². The van der Waals surface area contributed by atoms with E-state index in [2.05, 4.69) is 17.6 Å². The molecular formula is C17H21N3O3. The fourth-order valence-corrected chi connectivity index (χ4v) is 3.00. The molecule has 0 saturated carbocycles. The molecule has 0 aromatic heterocycles. The molecule has 2 aliphatic rings. The van der Waals surface area contributed by atoms with Gasteiger partial charge in [-0.3, -0.25) is 4.79 Å². The average molecular weight is 315 g/mol. The highest BCUT2D eigenvalue weighted by Crippen LogP contribution is 2.33. The van der Waals surface area contributed by atoms with E-state index in [4.69, 9.17) is 4.74 Å². The zero-order valence-electron chi connectivity index (χ0n) is 13.4. The van der Waals surface area contributed by atoms with Gasteiger partial charge in [-0.25, -0.2) is 4.79 Å². The van der Waals surface area contributed by atoms with Crippen molar-refractivity contribution in [3.05, 3.63) is 41.1 Å². The van der Waals surface area contributed by atoms with Crippen LogP contribution < -0.4 is 15.4 Å². The van der Waals surface area contributed by atoms with Crippen LogP contribution in [0.3, 0.4) is 0 Å². The van der Waals surface area contributed by atoms with Gasteiger partial charge in [0.15, 0.2) is 0 Å². The number of benzene rings is 1. The van der Waals surface area contributed by atoms with Crippen molar-refractivity contribution in [3.8, 4) is 5.75 Å². The van der Waals surface area contributed by atoms with Gasteiger partial charge in [0.25, 0.3) is 5.91 Å². The number of rotatable bonds is 5. The van der Waals surface area contributed by atoms with E-state index in [0.29, 0.717) is 18.7 Å². The molecule has 2 aliphatic heterocycles. The van der Waals surface area contributed by atoms with Crippen molar-refractivity contribution >= 4 is 11.9 Å². The number of nitrogens with zero attached hydrogens (tertiary/aromatic N) is 1. The van der Waals surface area contributed by atoms with Gasteiger partial charge in [0, 0.05) is 6.54 Å². The summed E-state index contributed by atoms with van der Waals surface area (Å²) in [5, 5.41) is 5.63. The van der Waals surface area contributed by atoms with E-state index < -0.39 is 6.04 Å². The predicted octanol–water partition coefficient (Wildman–Crippen LogP) is 1.95. The topological polar surface area (TPSA) is 70.7 Å². The zero-order chi connectivity index (χ0) is 16.4. The van der Waals surface area contributed by atoms with Gasteiger partial charge in [0.1, 0.15) is 5.75 Å². The SMILES string of the molecule is CCCCN1CC2=C(C1=O)[C@@H](c1ccc(OC)cc1)NC(=O)N2. The van der Waals surface area contributed by atoms with E-state index >= 15 is 0 Å². The van der Waals surface area contributed by atoms with E-state index in [1.807, 2.05) is 24.3 Å². The van der Waals surface area contributed by atoms with Crippen molar-refractivity contribution < 1.29 is 14.3 Å². The van der Waals surface area contributed by atoms with Crippen molar-refractivity contribution in [2.75, 3.05) is 20.2 Å². The first-order valence-electron chi connectivity index (χ1n) is 7.87. The first-order valence-corrected chi connectivity index (χ1v) is 7.87. The minimum atomic E-state index is -0.413. The summed E-state index contributed by atoms with van der Waals surface area (Å²) in [5.74, 6) is 0.743. The minimum absolute atomic E-state index is 0.00164. The molecule has 23 heavy (non-hydrogen) atoms. The van der Waals surface area contributed by atoms with E-state index in [1.54, 1.807) is 12.0 Å². The Labute approximate surface area is 135 Å². The van der Waals surface area contributed by atoms with Gasteiger partial charge in [-0.15, -0.1) is 0 Å². The summed E-state index contributed by atoms with van der Waals surface area (Å²) >= 11 is 0. The third-order valence-electron chi connectivity index (χ3n) is 4.25. The fraction of sp³-hybridized carbons (Fsp3) is 0.412. The lowest BCUT2D eigenvalue weighted by molar-refractivity contribution is -0.125. The van der Waals surface area contributed by atoms with Crippen molar-refractivity contribution in [3.63, 3.8) is 0 Å². The lowest BCUT2D eigenvalue weighted by Gasteiger charge is -2.25. The number of carbonyl (C=O) groups is 2. The normalized spacial score (nSPS) is 20.3. The van der Waals surface area contributed by atoms with Crippen LogP contribution in [0.5, 0.6) is 5.75 Å². The third kappa shape index (κ3) is 2.88. The summed E-state index contributed by atoms with van der Waals surface area (Å²) in [7, 11) is 1.61. The molecule has 2 N–H and O–H groups in total. The Kier molecular flexibility index (Phi) is 4.23. The summed E-state index contributed by atoms with van der Waals surface area (Å²) in [5.41, 5.74) is 2.24. The molecule has 6 nitrogen and oxygen atoms in total. The number of nitrogens with one attached hydrogen (secondary N) is 2. The number of hydrogen-bond acceptors (Lipinski definition) is 3. The molecule has 0 bridgehead atoms. The van der Waals surface area contributed by atoms with Crippen LogP contribution in [0.15, 0.2) is 35.5 Å². The second-order valence-corrected chi connectivity index (χ2v) is 5.78. The maximum absolute atomic E-state index is 12.7. The van der Waals surface area contributed by atoms with Crippen molar-refractivity contribution in [1.82, 2.24) is 15.5 Å². The molecule has 3 rings (SSSR count). The molecule has 6 heteroatoms. The second-order valence-electron chi connectivity index (χ2n) is 5.78. The summed E-state index contributed by atoms with van der Waals surface area (Å²) in [6, 6.07) is 6.73. The lowest BCUT2D eigenvalue weighted by atomic mass is 9.96. The van der Waals surface area contributed by atoms with Crippen molar-refractivity contribution in [2.24, 2.45) is 0 Å². The van der Waals surface area contributed by atoms with E-state index in [0.717, 1.165) is 29.9 Å². The molecule has 3 amide bonds. The molecule has 0 radical (unpaired) electrons. The Morgan fingerprint density at radius 1 is 1.26 bits per heavy atom. The number of urea groups is 1. The molecule has 1 atom stereocenters. The van der Waals surface area contributed by atoms with Gasteiger partial charge < -0.3 is 20.3 Å². The number of unbranched alkanes of at least 4 members (excludes halogenated alkanes) is 1. The lowest BCUT2D eigenvalue weighted by Crippen LogP contribution is -2.44. The maximum atomic E-state index is 12.7. The van der Waals surface area contributed by atoms with E-state index in [-0.39, 0.29) is 11.9 Å². The summed E-state index contributed by atoms with van der Waals surface area (Å²) in [4.78, 5) is 26.4. The Hall–Kier alpha value is -2.50. The number of hydrogen-bond donors (Lipinski definition) is 2. The first kappa shape index (κ1) is 15.4. The van der Waals surface area contributed by atoms with Gasteiger partial charge >= 0.3 is 6.03 Å². The van der Waals surface area contributed by atoms with Crippen LogP contribution in [0.25, 0.3) is 0 Å². The van der Waals surface area contributed by atoms with Crippen LogP contribution in [0, 0.1) is 0 Å². The Bertz CT molecular complexity index is 652. The molecule has 0 spiro atoms. The number of ether oxygens (including phenoxy) is 1. The van der Waals surface area contributed by atoms with E-state index in [9.17, 15) is 9.59 Å². The second kappa shape index (κ2) is 6.32. The Morgan fingerprint density at radius 2 is 2.00 bits per heavy atom. The molecule has 0 unspecified atom stereocenters. The molecule has 0 saturated heterocycles. The predicted molar refractivity (Wildman–Crippen MR) is 85.9 cm³/mol. The first-order chi connectivity index (χ1) is 11.1. The molecule has 1 aromatic rings. The van der Waals surface area contributed by atoms with Crippen molar-refractivity contribution in [2.45, 2.75) is 25.8 Å². The van der Waals surface area contributed by atoms with Crippen molar-refractivity contribution in [1.29, 1.82) is 0 Å². The highest BCUT2D eigenvalue weighted by atomic mass is 16.5. The van der Waals surface area contributed by atoms with E-state index in [1.165, 1.54) is 0 Å². The fourth-order valence-electron chi connectivity index (χ4n) is 3.00. The summed E-state index contributed by atoms with van der Waals surface area (Å²) in [6.07, 6.45) is 1.99. The van der Waals surface area contributed by atoms with Crippen LogP contribution in [-0.4, -0.2) is 37.0 Å². The number of carbonyl (C=O) groups excluding carboxylic acids is 2. The van der Waals surface area contributed by atoms with Crippen LogP contribution in [0.2, 0.25) is 0 Å². The van der Waals surface area contributed by atoms with Gasteiger partial charge in [-0.2, -0.15) is 0 Å². The van der Waals surface area contributed by atoms with Crippen LogP contribution >= 0.6 is 0 Å². The minimum Gasteiger partial charge on any atom is -0.497 e. The smallest absolute Gasteiger partial charge is 0.319 e. The molecule has 0 aliphatic carbocycles. The van der Waals surface area contributed by atoms with Crippen LogP contribution in [-0.2, 0) is 4.79 Å². The molecule has 2 heterocycles. The zero-order valence-corrected chi connectivity index (χ0v) is 13.4. The number of methoxy groups -OCH3 is 1. The highest BCUT2D eigenvalue weighted by molar-refractivity contribution is 6.01. The number of amides is 3. The summed E-state index contributed by atoms with van der Waals surface area (Å²) < 4.78 is 5.16. The largest absolute Gasteiger partial charge is 0.497 e. The molecule has 122 valence electrons. The molecule has 1 aromatic carbocycles. The Morgan fingerprint density at radius 3 is 2.65 bits per heavy atom. The van der Waals surface area contributed by atoms with Gasteiger partial charge in [0.05, 0.1) is 31.0 Å². The standard InChI is InChI=1S/C17H21N3O3/c1-3-4-9-20-10-13-14(16(20)21)15(19-17(22)18-13)11-5-7-12(23-2)8-6-11/h5-8,15H,3-4,9-10H2,1-2H3,(H2,18,19,22)/t15-/m1/s1. The highest BCUT2D eigenvalue weighted by Gasteiger charge is 2.39. The van der Waals surface area contributed by atoms with Gasteiger partial charge in [0.2, 0.25) is 0 Å². The summed E-state index contributed by atoms with van der Waals surface area (Å²) in [6.45, 7) is 3.29. The quantitative estimate of drug-likeness (QED) is 0.872. The Balaban J connectivity index is 1.89. The monoisotopic (exact) mass is 315 g/mol. The third-order valence-corrected chi connectivity index (χ3v) is 4.25. The average Bonchev–Trinajstić information content (AvgIpc) is 2.88. The van der Waals surface area contributed by atoms with Gasteiger partial charge in [-0.05, 0) is 24.1 Å². The molecular weight excluding hydrogens is 294 g/mol. The van der Waals surface area contributed by atoms with Crippen LogP contribution in [0.4, 0.5) is 4.79 Å². The molecule has 0 fully saturated rings. The van der Waals surface area contributed by atoms with Gasteiger partial charge in [-0.1, -0.05) is 25.5 Å². The maximum Gasteiger partial charge on any atom is 0.319 e.